The Hall–Kier alpha value is -2.51. The van der Waals surface area contributed by atoms with Gasteiger partial charge in [-0.2, -0.15) is 0 Å². The second-order valence-electron chi connectivity index (χ2n) is 6.19. The minimum Gasteiger partial charge on any atom is -0.497 e. The van der Waals surface area contributed by atoms with Crippen molar-refractivity contribution in [2.45, 2.75) is 13.3 Å². The van der Waals surface area contributed by atoms with Gasteiger partial charge in [-0.15, -0.1) is 0 Å². The van der Waals surface area contributed by atoms with Crippen LogP contribution in [0.3, 0.4) is 0 Å². The first kappa shape index (κ1) is 21.2. The van der Waals surface area contributed by atoms with Crippen molar-refractivity contribution in [3.05, 3.63) is 59.0 Å². The molecule has 0 unspecified atom stereocenters. The van der Waals surface area contributed by atoms with Gasteiger partial charge in [-0.25, -0.2) is 0 Å². The van der Waals surface area contributed by atoms with Crippen molar-refractivity contribution in [1.29, 1.82) is 0 Å². The molecule has 1 heterocycles. The zero-order valence-electron chi connectivity index (χ0n) is 16.4. The summed E-state index contributed by atoms with van der Waals surface area (Å²) < 4.78 is 17.4. The minimum absolute atomic E-state index is 0.0519. The molecule has 2 aromatic rings. The van der Waals surface area contributed by atoms with Crippen molar-refractivity contribution in [3.8, 4) is 17.2 Å². The van der Waals surface area contributed by atoms with Crippen LogP contribution < -0.4 is 14.2 Å². The van der Waals surface area contributed by atoms with Gasteiger partial charge in [-0.1, -0.05) is 48.2 Å². The van der Waals surface area contributed by atoms with E-state index in [1.165, 1.54) is 11.8 Å². The van der Waals surface area contributed by atoms with Gasteiger partial charge in [0, 0.05) is 24.6 Å². The van der Waals surface area contributed by atoms with Crippen LogP contribution in [0.25, 0.3) is 6.08 Å². The molecule has 0 bridgehead atoms. The molecule has 0 aliphatic carbocycles. The van der Waals surface area contributed by atoms with Gasteiger partial charge in [-0.3, -0.25) is 9.69 Å². The molecule has 29 heavy (non-hydrogen) atoms. The Kier molecular flexibility index (Phi) is 7.55. The van der Waals surface area contributed by atoms with E-state index in [2.05, 4.69) is 0 Å². The number of amides is 1. The normalized spacial score (nSPS) is 15.1. The Labute approximate surface area is 180 Å². The summed E-state index contributed by atoms with van der Waals surface area (Å²) in [6.07, 6.45) is 2.57. The Morgan fingerprint density at radius 2 is 1.83 bits per heavy atom. The quantitative estimate of drug-likeness (QED) is 0.325. The largest absolute Gasteiger partial charge is 0.497 e. The average Bonchev–Trinajstić information content (AvgIpc) is 3.01. The summed E-state index contributed by atoms with van der Waals surface area (Å²) in [5.74, 6) is 2.21. The maximum atomic E-state index is 12.4. The van der Waals surface area contributed by atoms with Gasteiger partial charge in [0.05, 0.1) is 25.2 Å². The van der Waals surface area contributed by atoms with Crippen molar-refractivity contribution in [2.75, 3.05) is 26.9 Å². The van der Waals surface area contributed by atoms with Gasteiger partial charge < -0.3 is 14.2 Å². The Morgan fingerprint density at radius 1 is 1.07 bits per heavy atom. The average molecular weight is 430 g/mol. The summed E-state index contributed by atoms with van der Waals surface area (Å²) >= 11 is 6.60. The molecular formula is C22H23NO4S2. The van der Waals surface area contributed by atoms with Crippen molar-refractivity contribution >= 4 is 40.3 Å². The molecule has 0 spiro atoms. The fourth-order valence-electron chi connectivity index (χ4n) is 2.77. The van der Waals surface area contributed by atoms with E-state index >= 15 is 0 Å². The highest BCUT2D eigenvalue weighted by Gasteiger charge is 2.30. The van der Waals surface area contributed by atoms with E-state index in [1.54, 1.807) is 12.0 Å². The molecule has 0 radical (unpaired) electrons. The highest BCUT2D eigenvalue weighted by atomic mass is 32.2. The number of hydrogen-bond acceptors (Lipinski definition) is 6. The van der Waals surface area contributed by atoms with E-state index in [1.807, 2.05) is 61.5 Å². The smallest absolute Gasteiger partial charge is 0.266 e. The molecule has 2 aromatic carbocycles. The minimum atomic E-state index is -0.0519. The Morgan fingerprint density at radius 3 is 2.59 bits per heavy atom. The number of hydrogen-bond donors (Lipinski definition) is 0. The molecule has 152 valence electrons. The van der Waals surface area contributed by atoms with E-state index in [0.717, 1.165) is 29.2 Å². The predicted molar refractivity (Wildman–Crippen MR) is 121 cm³/mol. The first-order chi connectivity index (χ1) is 14.1. The number of benzene rings is 2. The molecule has 1 saturated heterocycles. The number of carbonyl (C=O) groups is 1. The van der Waals surface area contributed by atoms with Gasteiger partial charge in [0.15, 0.2) is 0 Å². The lowest BCUT2D eigenvalue weighted by atomic mass is 10.2. The number of nitrogens with zero attached hydrogens (tertiary/aromatic N) is 1. The monoisotopic (exact) mass is 429 g/mol. The Bertz CT molecular complexity index is 913. The number of methoxy groups -OCH3 is 1. The number of thiocarbonyl (C=S) groups is 1. The van der Waals surface area contributed by atoms with Crippen LogP contribution in [0, 0.1) is 0 Å². The molecule has 3 rings (SSSR count). The van der Waals surface area contributed by atoms with Crippen molar-refractivity contribution < 1.29 is 19.0 Å². The van der Waals surface area contributed by atoms with Crippen LogP contribution in [0.5, 0.6) is 17.2 Å². The molecule has 0 saturated carbocycles. The number of likely N-dealkylation sites (N-methyl/N-ethyl adjacent to an activating group) is 1. The number of para-hydroxylation sites is 1. The maximum Gasteiger partial charge on any atom is 0.266 e. The van der Waals surface area contributed by atoms with Gasteiger partial charge in [0.1, 0.15) is 21.6 Å². The molecule has 1 aliphatic rings. The van der Waals surface area contributed by atoms with E-state index in [0.29, 0.717) is 29.0 Å². The third-order valence-electron chi connectivity index (χ3n) is 4.25. The zero-order chi connectivity index (χ0) is 20.6. The highest BCUT2D eigenvalue weighted by molar-refractivity contribution is 8.26. The Balaban J connectivity index is 1.55. The van der Waals surface area contributed by atoms with Crippen molar-refractivity contribution in [2.24, 2.45) is 0 Å². The van der Waals surface area contributed by atoms with E-state index in [9.17, 15) is 4.79 Å². The third-order valence-corrected chi connectivity index (χ3v) is 5.63. The summed E-state index contributed by atoms with van der Waals surface area (Å²) in [5.41, 5.74) is 0.859. The third kappa shape index (κ3) is 5.52. The van der Waals surface area contributed by atoms with Crippen LogP contribution >= 0.6 is 24.0 Å². The molecule has 1 amide bonds. The standard InChI is InChI=1S/C22H23NO4S2/c1-3-23-21(24)20(29-22(23)28)14-16-8-4-5-11-19(16)27-13-7-12-26-18-10-6-9-17(15-18)25-2/h4-6,8-11,14-15H,3,7,12-13H2,1-2H3. The number of ether oxygens (including phenoxy) is 3. The SMILES string of the molecule is CCN1C(=O)C(=Cc2ccccc2OCCCOc2cccc(OC)c2)SC1=S. The van der Waals surface area contributed by atoms with E-state index in [-0.39, 0.29) is 5.91 Å². The van der Waals surface area contributed by atoms with Crippen LogP contribution in [0.1, 0.15) is 18.9 Å². The fraction of sp³-hybridized carbons (Fsp3) is 0.273. The van der Waals surface area contributed by atoms with Crippen LogP contribution in [0.2, 0.25) is 0 Å². The number of thioether (sulfide) groups is 1. The van der Waals surface area contributed by atoms with E-state index in [4.69, 9.17) is 26.4 Å². The summed E-state index contributed by atoms with van der Waals surface area (Å²) in [6.45, 7) is 3.53. The van der Waals surface area contributed by atoms with Crippen molar-refractivity contribution in [3.63, 3.8) is 0 Å². The topological polar surface area (TPSA) is 48.0 Å². The lowest BCUT2D eigenvalue weighted by Crippen LogP contribution is -2.27. The molecule has 5 nitrogen and oxygen atoms in total. The molecule has 7 heteroatoms. The van der Waals surface area contributed by atoms with E-state index < -0.39 is 0 Å². The second-order valence-corrected chi connectivity index (χ2v) is 7.87. The lowest BCUT2D eigenvalue weighted by molar-refractivity contribution is -0.121. The second kappa shape index (κ2) is 10.3. The lowest BCUT2D eigenvalue weighted by Gasteiger charge is -2.11. The maximum absolute atomic E-state index is 12.4. The van der Waals surface area contributed by atoms with Crippen molar-refractivity contribution in [1.82, 2.24) is 4.90 Å². The van der Waals surface area contributed by atoms with Crippen LogP contribution in [0.15, 0.2) is 53.4 Å². The van der Waals surface area contributed by atoms with Gasteiger partial charge in [-0.05, 0) is 31.2 Å². The van der Waals surface area contributed by atoms with Crippen LogP contribution in [-0.2, 0) is 4.79 Å². The number of carbonyl (C=O) groups excluding carboxylic acids is 1. The summed E-state index contributed by atoms with van der Waals surface area (Å²) in [4.78, 5) is 14.6. The molecule has 1 aliphatic heterocycles. The fourth-order valence-corrected chi connectivity index (χ4v) is 4.14. The molecule has 0 aromatic heterocycles. The number of rotatable bonds is 9. The predicted octanol–water partition coefficient (Wildman–Crippen LogP) is 4.76. The highest BCUT2D eigenvalue weighted by Crippen LogP contribution is 2.34. The summed E-state index contributed by atoms with van der Waals surface area (Å²) in [6, 6.07) is 15.2. The van der Waals surface area contributed by atoms with Crippen LogP contribution in [-0.4, -0.2) is 42.0 Å². The molecular weight excluding hydrogens is 406 g/mol. The van der Waals surface area contributed by atoms with Gasteiger partial charge in [0.2, 0.25) is 0 Å². The first-order valence-corrected chi connectivity index (χ1v) is 10.6. The zero-order valence-corrected chi connectivity index (χ0v) is 18.1. The summed E-state index contributed by atoms with van der Waals surface area (Å²) in [5, 5.41) is 0. The summed E-state index contributed by atoms with van der Waals surface area (Å²) in [7, 11) is 1.63. The molecule has 0 N–H and O–H groups in total. The first-order valence-electron chi connectivity index (χ1n) is 9.36. The molecule has 0 atom stereocenters. The molecule has 1 fully saturated rings. The van der Waals surface area contributed by atoms with Crippen LogP contribution in [0.4, 0.5) is 0 Å². The van der Waals surface area contributed by atoms with Gasteiger partial charge in [0.25, 0.3) is 5.91 Å². The van der Waals surface area contributed by atoms with Gasteiger partial charge >= 0.3 is 0 Å².